The van der Waals surface area contributed by atoms with Crippen LogP contribution in [0.5, 0.6) is 0 Å². The van der Waals surface area contributed by atoms with Gasteiger partial charge in [-0.25, -0.2) is 13.0 Å². The third-order valence-corrected chi connectivity index (χ3v) is 2.31. The first kappa shape index (κ1) is 10.3. The Balaban J connectivity index is 2.61. The molecule has 0 radical (unpaired) electrons. The minimum Gasteiger partial charge on any atom is -0.284 e. The lowest BCUT2D eigenvalue weighted by Crippen LogP contribution is -2.00. The Morgan fingerprint density at radius 1 is 1.31 bits per heavy atom. The molecule has 0 heterocycles. The van der Waals surface area contributed by atoms with Crippen molar-refractivity contribution in [3.8, 4) is 0 Å². The summed E-state index contributed by atoms with van der Waals surface area (Å²) >= 11 is -1.70. The maximum Gasteiger partial charge on any atom is 0.189 e. The summed E-state index contributed by atoms with van der Waals surface area (Å²) in [6.45, 7) is -0.906. The molecule has 0 amide bonds. The highest BCUT2D eigenvalue weighted by atomic mass is 32.2. The van der Waals surface area contributed by atoms with Crippen molar-refractivity contribution in [1.29, 1.82) is 0 Å². The topological polar surface area (TPSA) is 26.3 Å². The van der Waals surface area contributed by atoms with Crippen LogP contribution in [0.25, 0.3) is 0 Å². The van der Waals surface area contributed by atoms with E-state index in [1.165, 1.54) is 24.3 Å². The zero-order chi connectivity index (χ0) is 9.68. The number of rotatable bonds is 4. The first-order valence-electron chi connectivity index (χ1n) is 3.60. The molecule has 72 valence electrons. The second-order valence-electron chi connectivity index (χ2n) is 2.20. The lowest BCUT2D eigenvalue weighted by molar-refractivity contribution is 0.295. The van der Waals surface area contributed by atoms with Gasteiger partial charge in [0.05, 0.1) is 11.5 Å². The SMILES string of the molecule is O=S(OCCF)c1ccc(F)cc1. The van der Waals surface area contributed by atoms with Crippen LogP contribution in [0.15, 0.2) is 29.2 Å². The molecule has 0 spiro atoms. The average molecular weight is 206 g/mol. The molecule has 0 aliphatic heterocycles. The Kier molecular flexibility index (Phi) is 3.98. The summed E-state index contributed by atoms with van der Waals surface area (Å²) in [5, 5.41) is 0. The van der Waals surface area contributed by atoms with Crippen LogP contribution in [-0.2, 0) is 15.3 Å². The van der Waals surface area contributed by atoms with Crippen LogP contribution in [0.2, 0.25) is 0 Å². The zero-order valence-corrected chi connectivity index (χ0v) is 7.52. The highest BCUT2D eigenvalue weighted by Crippen LogP contribution is 2.08. The third kappa shape index (κ3) is 3.20. The van der Waals surface area contributed by atoms with Gasteiger partial charge in [-0.15, -0.1) is 0 Å². The number of benzene rings is 1. The number of hydrogen-bond acceptors (Lipinski definition) is 2. The molecule has 13 heavy (non-hydrogen) atoms. The predicted molar refractivity (Wildman–Crippen MR) is 44.7 cm³/mol. The van der Waals surface area contributed by atoms with Gasteiger partial charge < -0.3 is 0 Å². The summed E-state index contributed by atoms with van der Waals surface area (Å²) in [6.07, 6.45) is 0. The summed E-state index contributed by atoms with van der Waals surface area (Å²) in [4.78, 5) is 0.329. The maximum absolute atomic E-state index is 12.4. The molecule has 0 aromatic heterocycles. The normalized spacial score (nSPS) is 12.8. The molecule has 2 nitrogen and oxygen atoms in total. The van der Waals surface area contributed by atoms with Crippen LogP contribution in [0, 0.1) is 5.82 Å². The van der Waals surface area contributed by atoms with E-state index in [0.717, 1.165) is 0 Å². The van der Waals surface area contributed by atoms with Gasteiger partial charge in [0.15, 0.2) is 11.1 Å². The van der Waals surface area contributed by atoms with Crippen LogP contribution >= 0.6 is 0 Å². The summed E-state index contributed by atoms with van der Waals surface area (Å²) < 4.78 is 39.7. The molecule has 1 aromatic rings. The lowest BCUT2D eigenvalue weighted by atomic mass is 10.4. The molecular weight excluding hydrogens is 198 g/mol. The van der Waals surface area contributed by atoms with Crippen molar-refractivity contribution in [3.05, 3.63) is 30.1 Å². The molecule has 0 bridgehead atoms. The van der Waals surface area contributed by atoms with Gasteiger partial charge in [-0.3, -0.25) is 4.18 Å². The van der Waals surface area contributed by atoms with Crippen LogP contribution in [0.4, 0.5) is 8.78 Å². The highest BCUT2D eigenvalue weighted by Gasteiger charge is 2.03. The van der Waals surface area contributed by atoms with Crippen molar-refractivity contribution in [2.24, 2.45) is 0 Å². The molecule has 0 saturated heterocycles. The molecule has 0 N–H and O–H groups in total. The zero-order valence-electron chi connectivity index (χ0n) is 6.70. The first-order valence-corrected chi connectivity index (χ1v) is 4.68. The van der Waals surface area contributed by atoms with Gasteiger partial charge in [0.1, 0.15) is 12.5 Å². The monoisotopic (exact) mass is 206 g/mol. The first-order chi connectivity index (χ1) is 6.24. The van der Waals surface area contributed by atoms with Gasteiger partial charge in [0.25, 0.3) is 0 Å². The fourth-order valence-electron chi connectivity index (χ4n) is 0.721. The van der Waals surface area contributed by atoms with E-state index in [0.29, 0.717) is 4.90 Å². The quantitative estimate of drug-likeness (QED) is 0.751. The fourth-order valence-corrected chi connectivity index (χ4v) is 1.43. The Hall–Kier alpha value is -0.810. The molecule has 1 rings (SSSR count). The van der Waals surface area contributed by atoms with Gasteiger partial charge >= 0.3 is 0 Å². The smallest absolute Gasteiger partial charge is 0.189 e. The van der Waals surface area contributed by atoms with E-state index in [4.69, 9.17) is 0 Å². The van der Waals surface area contributed by atoms with Gasteiger partial charge in [-0.2, -0.15) is 0 Å². The standard InChI is InChI=1S/C8H8F2O2S/c9-5-6-12-13(11)8-3-1-7(10)2-4-8/h1-4H,5-6H2. The number of halogens is 2. The van der Waals surface area contributed by atoms with Gasteiger partial charge in [0, 0.05) is 0 Å². The average Bonchev–Trinajstić information content (AvgIpc) is 2.15. The van der Waals surface area contributed by atoms with Crippen molar-refractivity contribution in [1.82, 2.24) is 0 Å². The summed E-state index contributed by atoms with van der Waals surface area (Å²) in [6, 6.07) is 5.02. The molecule has 1 unspecified atom stereocenters. The Morgan fingerprint density at radius 3 is 2.46 bits per heavy atom. The highest BCUT2D eigenvalue weighted by molar-refractivity contribution is 7.80. The van der Waals surface area contributed by atoms with Crippen LogP contribution in [0.3, 0.4) is 0 Å². The van der Waals surface area contributed by atoms with Gasteiger partial charge in [-0.05, 0) is 24.3 Å². The Bertz CT molecular complexity index is 287. The lowest BCUT2D eigenvalue weighted by Gasteiger charge is -2.00. The van der Waals surface area contributed by atoms with E-state index in [9.17, 15) is 13.0 Å². The molecule has 0 fully saturated rings. The second-order valence-corrected chi connectivity index (χ2v) is 3.38. The van der Waals surface area contributed by atoms with E-state index >= 15 is 0 Å². The van der Waals surface area contributed by atoms with E-state index in [2.05, 4.69) is 4.18 Å². The molecular formula is C8H8F2O2S. The van der Waals surface area contributed by atoms with Crippen molar-refractivity contribution in [2.45, 2.75) is 4.90 Å². The van der Waals surface area contributed by atoms with Crippen molar-refractivity contribution >= 4 is 11.1 Å². The number of hydrogen-bond donors (Lipinski definition) is 0. The molecule has 0 aliphatic rings. The fraction of sp³-hybridized carbons (Fsp3) is 0.250. The van der Waals surface area contributed by atoms with E-state index in [-0.39, 0.29) is 6.61 Å². The molecule has 0 saturated carbocycles. The van der Waals surface area contributed by atoms with Crippen LogP contribution in [0.1, 0.15) is 0 Å². The maximum atomic E-state index is 12.4. The molecule has 1 aromatic carbocycles. The van der Waals surface area contributed by atoms with Gasteiger partial charge in [0.2, 0.25) is 0 Å². The Morgan fingerprint density at radius 2 is 1.92 bits per heavy atom. The molecule has 0 aliphatic carbocycles. The molecule has 5 heteroatoms. The largest absolute Gasteiger partial charge is 0.284 e. The second kappa shape index (κ2) is 5.04. The summed E-state index contributed by atoms with van der Waals surface area (Å²) in [5.41, 5.74) is 0. The number of alkyl halides is 1. The minimum atomic E-state index is -1.70. The predicted octanol–water partition coefficient (Wildman–Crippen LogP) is 1.83. The molecule has 1 atom stereocenters. The van der Waals surface area contributed by atoms with Crippen molar-refractivity contribution in [3.63, 3.8) is 0 Å². The van der Waals surface area contributed by atoms with E-state index in [1.54, 1.807) is 0 Å². The van der Waals surface area contributed by atoms with Crippen molar-refractivity contribution in [2.75, 3.05) is 13.3 Å². The van der Waals surface area contributed by atoms with Crippen molar-refractivity contribution < 1.29 is 17.2 Å². The minimum absolute atomic E-state index is 0.218. The van der Waals surface area contributed by atoms with Gasteiger partial charge in [-0.1, -0.05) is 0 Å². The summed E-state index contributed by atoms with van der Waals surface area (Å²) in [7, 11) is 0. The third-order valence-electron chi connectivity index (χ3n) is 1.27. The summed E-state index contributed by atoms with van der Waals surface area (Å²) in [5.74, 6) is -0.411. The van der Waals surface area contributed by atoms with E-state index < -0.39 is 23.6 Å². The van der Waals surface area contributed by atoms with E-state index in [1.807, 2.05) is 0 Å². The van der Waals surface area contributed by atoms with Crippen LogP contribution in [-0.4, -0.2) is 17.5 Å². The Labute approximate surface area is 77.2 Å². The van der Waals surface area contributed by atoms with Crippen LogP contribution < -0.4 is 0 Å².